The van der Waals surface area contributed by atoms with Gasteiger partial charge in [0.15, 0.2) is 17.5 Å². The van der Waals surface area contributed by atoms with E-state index in [4.69, 9.17) is 33.9 Å². The van der Waals surface area contributed by atoms with Crippen molar-refractivity contribution in [2.24, 2.45) is 0 Å². The van der Waals surface area contributed by atoms with E-state index in [1.165, 1.54) is 0 Å². The second-order valence-electron chi connectivity index (χ2n) is 27.3. The van der Waals surface area contributed by atoms with E-state index < -0.39 is 23.9 Å². The first kappa shape index (κ1) is 71.0. The highest BCUT2D eigenvalue weighted by molar-refractivity contribution is 6.15. The van der Waals surface area contributed by atoms with Crippen molar-refractivity contribution in [2.75, 3.05) is 0 Å². The Morgan fingerprint density at radius 3 is 0.939 bits per heavy atom. The van der Waals surface area contributed by atoms with E-state index in [1.54, 1.807) is 66.7 Å². The number of carbonyl (C=O) groups excluding carboxylic acids is 4. The van der Waals surface area contributed by atoms with Crippen molar-refractivity contribution in [3.8, 4) is 97.1 Å². The first-order chi connectivity index (χ1) is 56.0. The molecule has 114 heavy (non-hydrogen) atoms. The highest BCUT2D eigenvalue weighted by atomic mass is 16.5. The maximum atomic E-state index is 14.2. The summed E-state index contributed by atoms with van der Waals surface area (Å²) in [5, 5.41) is 33.8. The van der Waals surface area contributed by atoms with Crippen LogP contribution in [0.3, 0.4) is 0 Å². The maximum absolute atomic E-state index is 14.2. The second-order valence-corrected chi connectivity index (χ2v) is 27.3. The van der Waals surface area contributed by atoms with Crippen molar-refractivity contribution in [1.29, 1.82) is 15.8 Å². The zero-order valence-electron chi connectivity index (χ0n) is 60.8. The number of aromatic nitrogens is 5. The van der Waals surface area contributed by atoms with Crippen molar-refractivity contribution >= 4 is 67.5 Å². The van der Waals surface area contributed by atoms with Gasteiger partial charge in [-0.2, -0.15) is 15.8 Å². The van der Waals surface area contributed by atoms with Crippen LogP contribution in [0.15, 0.2) is 328 Å². The molecule has 0 unspecified atom stereocenters. The molecule has 0 amide bonds. The third kappa shape index (κ3) is 14.7. The van der Waals surface area contributed by atoms with E-state index >= 15 is 0 Å². The molecule has 14 aromatic carbocycles. The van der Waals surface area contributed by atoms with E-state index in [1.807, 2.05) is 270 Å². The molecule has 542 valence electrons. The van der Waals surface area contributed by atoms with Crippen LogP contribution < -0.4 is 0 Å². The SMILES string of the molecule is N#Cc1cccc(-c2cc(-c3nc(-c4cccc(-c5ccccc5C#N)c4)nc(-c4cc(-c5cccc(C#N)c5)cc(-n5c6ccc(C(=O)OCc7ccccc7)cc6c6cc(C(=O)OCc7ccccc7)ccc65)c4)n3)cc(-n3c4ccc(C(=O)OCc5ccccc5)cc4c4cc(C(=O)OCc5ccccc5)ccc43)c2)c1. The number of fused-ring (bicyclic) bond motifs is 6. The number of hydrogen-bond acceptors (Lipinski definition) is 14. The number of esters is 4. The molecule has 0 atom stereocenters. The minimum absolute atomic E-state index is 0.0420. The molecule has 0 radical (unpaired) electrons. The maximum Gasteiger partial charge on any atom is 0.338 e. The van der Waals surface area contributed by atoms with Crippen molar-refractivity contribution in [1.82, 2.24) is 24.1 Å². The van der Waals surface area contributed by atoms with Gasteiger partial charge < -0.3 is 28.1 Å². The van der Waals surface area contributed by atoms with E-state index in [-0.39, 0.29) is 66.2 Å². The number of nitrogens with zero attached hydrogens (tertiary/aromatic N) is 8. The number of carbonyl (C=O) groups is 4. The molecule has 0 spiro atoms. The molecule has 16 heteroatoms. The summed E-state index contributed by atoms with van der Waals surface area (Å²) in [5.41, 5.74) is 15.3. The molecular weight excluding hydrogens is 1420 g/mol. The Hall–Kier alpha value is -16.0. The van der Waals surface area contributed by atoms with Gasteiger partial charge in [-0.1, -0.05) is 182 Å². The lowest BCUT2D eigenvalue weighted by Crippen LogP contribution is -2.05. The monoisotopic (exact) mass is 1480 g/mol. The van der Waals surface area contributed by atoms with Crippen LogP contribution in [-0.4, -0.2) is 48.0 Å². The average molecular weight is 1480 g/mol. The van der Waals surface area contributed by atoms with Crippen molar-refractivity contribution in [3.05, 3.63) is 389 Å². The third-order valence-corrected chi connectivity index (χ3v) is 20.0. The van der Waals surface area contributed by atoms with Crippen LogP contribution in [0.4, 0.5) is 0 Å². The lowest BCUT2D eigenvalue weighted by molar-refractivity contribution is 0.0464. The van der Waals surface area contributed by atoms with E-state index in [9.17, 15) is 35.0 Å². The standard InChI is InChI=1S/C98H62N8O8/c99-55-66-26-15-29-68(42-66)77-45-79(49-81(47-77)105-88-38-34-72(95(107)111-58-62-18-5-1-6-19-62)51-84(88)85-52-73(35-39-89(85)105)96(108)112-59-63-20-7-2-8-21-63)93-102-92(71-32-17-31-70(44-71)83-33-14-13-28-76(83)57-101)103-94(104-93)80-46-78(69-30-16-27-67(43-69)56-100)48-82(50-80)106-90-40-36-74(97(109)113-60-64-22-9-3-10-23-64)53-86(90)87-54-75(37-41-91(87)106)98(110)114-61-65-24-11-4-12-25-65/h1-54H,58-61H2. The molecule has 0 aliphatic rings. The Kier molecular flexibility index (Phi) is 19.5. The molecule has 0 saturated carbocycles. The van der Waals surface area contributed by atoms with Crippen LogP contribution >= 0.6 is 0 Å². The topological polar surface area (TPSA) is 225 Å². The summed E-state index contributed by atoms with van der Waals surface area (Å²) in [6.07, 6.45) is 0. The predicted octanol–water partition coefficient (Wildman–Crippen LogP) is 21.1. The van der Waals surface area contributed by atoms with Crippen LogP contribution in [0.1, 0.15) is 80.4 Å². The summed E-state index contributed by atoms with van der Waals surface area (Å²) in [6, 6.07) is 108. The summed E-state index contributed by atoms with van der Waals surface area (Å²) in [6.45, 7) is 0.168. The second kappa shape index (κ2) is 31.3. The highest BCUT2D eigenvalue weighted by Crippen LogP contribution is 2.42. The zero-order valence-corrected chi connectivity index (χ0v) is 60.8. The van der Waals surface area contributed by atoms with Gasteiger partial charge in [0.1, 0.15) is 26.4 Å². The summed E-state index contributed by atoms with van der Waals surface area (Å²) in [7, 11) is 0. The normalized spacial score (nSPS) is 11.1. The van der Waals surface area contributed by atoms with E-state index in [0.717, 1.165) is 27.8 Å². The average Bonchev–Trinajstić information content (AvgIpc) is 1.61. The lowest BCUT2D eigenvalue weighted by Gasteiger charge is -2.16. The molecule has 0 aliphatic carbocycles. The summed E-state index contributed by atoms with van der Waals surface area (Å²) in [4.78, 5) is 73.1. The minimum atomic E-state index is -0.550. The van der Waals surface area contributed by atoms with E-state index in [2.05, 4.69) is 18.2 Å². The van der Waals surface area contributed by atoms with Gasteiger partial charge in [0, 0.05) is 49.6 Å². The zero-order chi connectivity index (χ0) is 77.6. The van der Waals surface area contributed by atoms with Gasteiger partial charge in [-0.25, -0.2) is 34.1 Å². The van der Waals surface area contributed by atoms with Crippen molar-refractivity contribution < 1.29 is 38.1 Å². The molecule has 0 saturated heterocycles. The fourth-order valence-electron chi connectivity index (χ4n) is 14.4. The van der Waals surface area contributed by atoms with Crippen LogP contribution in [0.5, 0.6) is 0 Å². The molecule has 0 N–H and O–H groups in total. The van der Waals surface area contributed by atoms with Crippen molar-refractivity contribution in [2.45, 2.75) is 26.4 Å². The Morgan fingerprint density at radius 2 is 0.579 bits per heavy atom. The Bertz CT molecular complexity index is 6240. The van der Waals surface area contributed by atoms with Gasteiger partial charge in [0.2, 0.25) is 0 Å². The number of rotatable bonds is 20. The first-order valence-electron chi connectivity index (χ1n) is 36.7. The van der Waals surface area contributed by atoms with Gasteiger partial charge in [-0.05, 0) is 201 Å². The minimum Gasteiger partial charge on any atom is -0.457 e. The summed E-state index contributed by atoms with van der Waals surface area (Å²) >= 11 is 0. The van der Waals surface area contributed by atoms with Gasteiger partial charge in [-0.3, -0.25) is 0 Å². The Morgan fingerprint density at radius 1 is 0.272 bits per heavy atom. The fraction of sp³-hybridized carbons (Fsp3) is 0.0408. The highest BCUT2D eigenvalue weighted by Gasteiger charge is 2.25. The summed E-state index contributed by atoms with van der Waals surface area (Å²) in [5.74, 6) is -1.50. The van der Waals surface area contributed by atoms with Crippen molar-refractivity contribution in [3.63, 3.8) is 0 Å². The molecule has 0 aliphatic heterocycles. The van der Waals surface area contributed by atoms with Crippen LogP contribution in [-0.2, 0) is 45.4 Å². The molecule has 17 rings (SSSR count). The molecule has 17 aromatic rings. The van der Waals surface area contributed by atoms with Gasteiger partial charge in [0.25, 0.3) is 0 Å². The van der Waals surface area contributed by atoms with Crippen LogP contribution in [0.2, 0.25) is 0 Å². The van der Waals surface area contributed by atoms with Crippen LogP contribution in [0.25, 0.3) is 123 Å². The van der Waals surface area contributed by atoms with E-state index in [0.29, 0.717) is 116 Å². The smallest absolute Gasteiger partial charge is 0.338 e. The van der Waals surface area contributed by atoms with Gasteiger partial charge in [-0.15, -0.1) is 0 Å². The molecule has 3 aromatic heterocycles. The van der Waals surface area contributed by atoms with Crippen LogP contribution in [0, 0.1) is 34.0 Å². The summed E-state index contributed by atoms with van der Waals surface area (Å²) < 4.78 is 27.8. The number of ether oxygens (including phenoxy) is 4. The largest absolute Gasteiger partial charge is 0.457 e. The molecule has 3 heterocycles. The quantitative estimate of drug-likeness (QED) is 0.0511. The molecule has 0 bridgehead atoms. The lowest BCUT2D eigenvalue weighted by atomic mass is 9.98. The van der Waals surface area contributed by atoms with Gasteiger partial charge in [0.05, 0.1) is 79.2 Å². The Balaban J connectivity index is 0.878. The molecular formula is C98H62N8O8. The fourth-order valence-corrected chi connectivity index (χ4v) is 14.4. The first-order valence-corrected chi connectivity index (χ1v) is 36.7. The molecule has 16 nitrogen and oxygen atoms in total. The third-order valence-electron chi connectivity index (χ3n) is 20.0. The number of hydrogen-bond donors (Lipinski definition) is 0. The predicted molar refractivity (Wildman–Crippen MR) is 438 cm³/mol. The number of nitriles is 3. The van der Waals surface area contributed by atoms with Gasteiger partial charge >= 0.3 is 23.9 Å². The molecule has 0 fully saturated rings. The Labute approximate surface area is 654 Å². The number of benzene rings is 14.